The van der Waals surface area contributed by atoms with E-state index >= 15 is 0 Å². The van der Waals surface area contributed by atoms with Crippen LogP contribution >= 0.6 is 11.6 Å². The molecule has 4 nitrogen and oxygen atoms in total. The fourth-order valence-corrected chi connectivity index (χ4v) is 2.15. The Labute approximate surface area is 113 Å². The lowest BCUT2D eigenvalue weighted by Crippen LogP contribution is -1.95. The van der Waals surface area contributed by atoms with Crippen LogP contribution in [-0.4, -0.2) is 21.0 Å². The molecule has 0 atom stereocenters. The molecule has 3 aromatic rings. The molecule has 3 rings (SSSR count). The summed E-state index contributed by atoms with van der Waals surface area (Å²) in [6.07, 6.45) is 0. The zero-order valence-electron chi connectivity index (χ0n) is 9.72. The van der Waals surface area contributed by atoms with E-state index in [0.29, 0.717) is 21.9 Å². The van der Waals surface area contributed by atoms with Crippen molar-refractivity contribution in [2.24, 2.45) is 0 Å². The first kappa shape index (κ1) is 11.7. The van der Waals surface area contributed by atoms with Crippen LogP contribution in [0.5, 0.6) is 0 Å². The predicted octanol–water partition coefficient (Wildman–Crippen LogP) is 3.58. The van der Waals surface area contributed by atoms with E-state index in [2.05, 4.69) is 9.97 Å². The maximum atomic E-state index is 11.0. The zero-order valence-corrected chi connectivity index (χ0v) is 10.5. The molecule has 0 bridgehead atoms. The number of carboxylic acids is 1. The van der Waals surface area contributed by atoms with Gasteiger partial charge in [-0.25, -0.2) is 9.78 Å². The van der Waals surface area contributed by atoms with Crippen LogP contribution in [0.4, 0.5) is 0 Å². The predicted molar refractivity (Wildman–Crippen MR) is 73.5 cm³/mol. The quantitative estimate of drug-likeness (QED) is 0.749. The number of aromatic nitrogens is 2. The number of benzene rings is 2. The number of carbonyl (C=O) groups is 1. The second-order valence-electron chi connectivity index (χ2n) is 4.11. The van der Waals surface area contributed by atoms with Crippen LogP contribution < -0.4 is 0 Å². The van der Waals surface area contributed by atoms with Gasteiger partial charge in [0, 0.05) is 5.56 Å². The summed E-state index contributed by atoms with van der Waals surface area (Å²) in [6, 6.07) is 12.1. The molecule has 0 aliphatic heterocycles. The van der Waals surface area contributed by atoms with Gasteiger partial charge in [0.05, 0.1) is 16.1 Å². The second-order valence-corrected chi connectivity index (χ2v) is 4.51. The van der Waals surface area contributed by atoms with E-state index in [1.807, 2.05) is 12.1 Å². The van der Waals surface area contributed by atoms with Crippen molar-refractivity contribution in [3.63, 3.8) is 0 Å². The van der Waals surface area contributed by atoms with Gasteiger partial charge in [-0.3, -0.25) is 0 Å². The second kappa shape index (κ2) is 4.40. The molecule has 0 aliphatic carbocycles. The Hall–Kier alpha value is -2.33. The molecule has 0 aliphatic rings. The Kier molecular flexibility index (Phi) is 2.72. The van der Waals surface area contributed by atoms with E-state index in [-0.39, 0.29) is 5.56 Å². The van der Waals surface area contributed by atoms with Crippen LogP contribution in [0.1, 0.15) is 10.4 Å². The average Bonchev–Trinajstić information content (AvgIpc) is 2.84. The molecule has 0 saturated carbocycles. The molecule has 0 unspecified atom stereocenters. The molecular weight excluding hydrogens is 264 g/mol. The number of fused-ring (bicyclic) bond motifs is 1. The Morgan fingerprint density at radius 3 is 2.74 bits per heavy atom. The van der Waals surface area contributed by atoms with Crippen LogP contribution in [0.15, 0.2) is 42.5 Å². The van der Waals surface area contributed by atoms with E-state index in [0.717, 1.165) is 5.52 Å². The largest absolute Gasteiger partial charge is 0.478 e. The summed E-state index contributed by atoms with van der Waals surface area (Å²) < 4.78 is 0. The van der Waals surface area contributed by atoms with E-state index in [1.54, 1.807) is 30.3 Å². The summed E-state index contributed by atoms with van der Waals surface area (Å²) in [7, 11) is 0. The number of H-pyrrole nitrogens is 1. The molecule has 2 N–H and O–H groups in total. The number of rotatable bonds is 2. The number of hydrogen-bond acceptors (Lipinski definition) is 2. The van der Waals surface area contributed by atoms with Crippen molar-refractivity contribution in [2.75, 3.05) is 0 Å². The van der Waals surface area contributed by atoms with E-state index in [9.17, 15) is 4.79 Å². The maximum Gasteiger partial charge on any atom is 0.335 e. The number of imidazole rings is 1. The van der Waals surface area contributed by atoms with E-state index in [1.165, 1.54) is 0 Å². The molecule has 1 aromatic heterocycles. The van der Waals surface area contributed by atoms with Crippen LogP contribution in [0.2, 0.25) is 5.02 Å². The van der Waals surface area contributed by atoms with Gasteiger partial charge in [0.2, 0.25) is 0 Å². The molecule has 0 saturated heterocycles. The van der Waals surface area contributed by atoms with Crippen molar-refractivity contribution in [2.45, 2.75) is 0 Å². The summed E-state index contributed by atoms with van der Waals surface area (Å²) in [5, 5.41) is 9.55. The lowest BCUT2D eigenvalue weighted by molar-refractivity contribution is 0.0697. The molecule has 5 heteroatoms. The topological polar surface area (TPSA) is 66.0 Å². The molecule has 0 radical (unpaired) electrons. The first-order valence-electron chi connectivity index (χ1n) is 5.63. The van der Waals surface area contributed by atoms with Gasteiger partial charge in [-0.1, -0.05) is 29.8 Å². The number of para-hydroxylation sites is 1. The van der Waals surface area contributed by atoms with Crippen molar-refractivity contribution < 1.29 is 9.90 Å². The lowest BCUT2D eigenvalue weighted by Gasteiger charge is -1.98. The van der Waals surface area contributed by atoms with Crippen molar-refractivity contribution in [3.8, 4) is 11.4 Å². The Morgan fingerprint density at radius 2 is 2.00 bits per heavy atom. The van der Waals surface area contributed by atoms with E-state index in [4.69, 9.17) is 16.7 Å². The average molecular weight is 273 g/mol. The van der Waals surface area contributed by atoms with Gasteiger partial charge < -0.3 is 10.1 Å². The lowest BCUT2D eigenvalue weighted by atomic mass is 10.1. The zero-order chi connectivity index (χ0) is 13.4. The summed E-state index contributed by atoms with van der Waals surface area (Å²) >= 11 is 6.06. The molecule has 19 heavy (non-hydrogen) atoms. The van der Waals surface area contributed by atoms with Crippen molar-refractivity contribution >= 4 is 28.6 Å². The van der Waals surface area contributed by atoms with Gasteiger partial charge in [-0.15, -0.1) is 0 Å². The maximum absolute atomic E-state index is 11.0. The standard InChI is InChI=1S/C14H9ClN2O2/c15-10-5-2-6-11-12(10)17-13(16-11)8-3-1-4-9(7-8)14(18)19/h1-7H,(H,16,17)(H,18,19). The van der Waals surface area contributed by atoms with Crippen molar-refractivity contribution in [3.05, 3.63) is 53.1 Å². The number of nitrogens with one attached hydrogen (secondary N) is 1. The number of nitrogens with zero attached hydrogens (tertiary/aromatic N) is 1. The third-order valence-electron chi connectivity index (χ3n) is 2.85. The summed E-state index contributed by atoms with van der Waals surface area (Å²) in [6.45, 7) is 0. The number of halogens is 1. The SMILES string of the molecule is O=C(O)c1cccc(-c2nc3c(Cl)cccc3[nH]2)c1. The molecule has 0 amide bonds. The highest BCUT2D eigenvalue weighted by atomic mass is 35.5. The Morgan fingerprint density at radius 1 is 1.21 bits per heavy atom. The molecular formula is C14H9ClN2O2. The van der Waals surface area contributed by atoms with Crippen LogP contribution in [0.3, 0.4) is 0 Å². The third kappa shape index (κ3) is 2.06. The van der Waals surface area contributed by atoms with Gasteiger partial charge in [-0.05, 0) is 24.3 Å². The number of carboxylic acid groups (broad SMARTS) is 1. The van der Waals surface area contributed by atoms with Gasteiger partial charge in [0.15, 0.2) is 0 Å². The van der Waals surface area contributed by atoms with Crippen LogP contribution in [0, 0.1) is 0 Å². The normalized spacial score (nSPS) is 10.8. The highest BCUT2D eigenvalue weighted by Gasteiger charge is 2.10. The van der Waals surface area contributed by atoms with Gasteiger partial charge in [0.25, 0.3) is 0 Å². The highest BCUT2D eigenvalue weighted by molar-refractivity contribution is 6.35. The Balaban J connectivity index is 2.16. The molecule has 0 spiro atoms. The van der Waals surface area contributed by atoms with Gasteiger partial charge >= 0.3 is 5.97 Å². The number of hydrogen-bond donors (Lipinski definition) is 2. The fraction of sp³-hybridized carbons (Fsp3) is 0. The monoisotopic (exact) mass is 272 g/mol. The fourth-order valence-electron chi connectivity index (χ4n) is 1.93. The minimum absolute atomic E-state index is 0.226. The Bertz CT molecular complexity index is 780. The van der Waals surface area contributed by atoms with Crippen molar-refractivity contribution in [1.82, 2.24) is 9.97 Å². The van der Waals surface area contributed by atoms with Crippen LogP contribution in [0.25, 0.3) is 22.4 Å². The van der Waals surface area contributed by atoms with Crippen molar-refractivity contribution in [1.29, 1.82) is 0 Å². The number of aromatic carboxylic acids is 1. The summed E-state index contributed by atoms with van der Waals surface area (Å²) in [4.78, 5) is 18.5. The molecule has 0 fully saturated rings. The minimum Gasteiger partial charge on any atom is -0.478 e. The molecule has 2 aromatic carbocycles. The smallest absolute Gasteiger partial charge is 0.335 e. The third-order valence-corrected chi connectivity index (χ3v) is 3.15. The first-order valence-corrected chi connectivity index (χ1v) is 6.01. The van der Waals surface area contributed by atoms with E-state index < -0.39 is 5.97 Å². The summed E-state index contributed by atoms with van der Waals surface area (Å²) in [5.41, 5.74) is 2.44. The highest BCUT2D eigenvalue weighted by Crippen LogP contribution is 2.25. The summed E-state index contributed by atoms with van der Waals surface area (Å²) in [5.74, 6) is -0.359. The van der Waals surface area contributed by atoms with Gasteiger partial charge in [-0.2, -0.15) is 0 Å². The number of aromatic amines is 1. The first-order chi connectivity index (χ1) is 9.15. The van der Waals surface area contributed by atoms with Crippen LogP contribution in [-0.2, 0) is 0 Å². The minimum atomic E-state index is -0.962. The molecule has 1 heterocycles. The molecule has 94 valence electrons. The van der Waals surface area contributed by atoms with Gasteiger partial charge in [0.1, 0.15) is 11.3 Å².